The van der Waals surface area contributed by atoms with Gasteiger partial charge in [-0.2, -0.15) is 0 Å². The lowest BCUT2D eigenvalue weighted by Crippen LogP contribution is -2.42. The normalized spacial score (nSPS) is 16.6. The van der Waals surface area contributed by atoms with Crippen LogP contribution in [0.25, 0.3) is 0 Å². The van der Waals surface area contributed by atoms with E-state index >= 15 is 0 Å². The molecule has 1 aliphatic rings. The van der Waals surface area contributed by atoms with Gasteiger partial charge in [0.25, 0.3) is 11.8 Å². The minimum Gasteiger partial charge on any atom is -0.372 e. The molecule has 24 heavy (non-hydrogen) atoms. The molecule has 1 heterocycles. The second kappa shape index (κ2) is 6.45. The predicted molar refractivity (Wildman–Crippen MR) is 90.2 cm³/mol. The molecule has 5 nitrogen and oxygen atoms in total. The zero-order valence-corrected chi connectivity index (χ0v) is 13.3. The van der Waals surface area contributed by atoms with E-state index in [0.29, 0.717) is 16.7 Å². The Morgan fingerprint density at radius 2 is 1.58 bits per heavy atom. The highest BCUT2D eigenvalue weighted by Crippen LogP contribution is 2.30. The first-order chi connectivity index (χ1) is 11.5. The Balaban J connectivity index is 2.02. The molecule has 2 amide bonds. The van der Waals surface area contributed by atoms with Crippen molar-refractivity contribution >= 4 is 11.8 Å². The third-order valence-electron chi connectivity index (χ3n) is 4.47. The van der Waals surface area contributed by atoms with Crippen molar-refractivity contribution < 1.29 is 14.7 Å². The Hall–Kier alpha value is -2.66. The molecule has 1 saturated heterocycles. The number of amides is 2. The number of carbonyl (C=O) groups excluding carboxylic acids is 2. The van der Waals surface area contributed by atoms with E-state index in [-0.39, 0.29) is 5.91 Å². The third kappa shape index (κ3) is 2.78. The standard InChI is InChI=1S/C19H20N2O3/c20-18(23)19(24,15-8-2-1-3-9-15)16-10-6-7-14(13-16)17(22)21-11-4-5-12-21/h1-3,6-10,13,24H,4-5,11-12H2,(H2,20,23). The largest absolute Gasteiger partial charge is 0.372 e. The van der Waals surface area contributed by atoms with Crippen LogP contribution in [-0.4, -0.2) is 34.9 Å². The molecule has 1 atom stereocenters. The zero-order chi connectivity index (χ0) is 17.2. The summed E-state index contributed by atoms with van der Waals surface area (Å²) in [5.74, 6) is -0.964. The summed E-state index contributed by atoms with van der Waals surface area (Å²) in [6.45, 7) is 1.48. The predicted octanol–water partition coefficient (Wildman–Crippen LogP) is 1.64. The van der Waals surface area contributed by atoms with Crippen molar-refractivity contribution in [3.8, 4) is 0 Å². The van der Waals surface area contributed by atoms with Gasteiger partial charge < -0.3 is 15.7 Å². The number of rotatable bonds is 4. The lowest BCUT2D eigenvalue weighted by molar-refractivity contribution is -0.133. The Morgan fingerprint density at radius 3 is 2.21 bits per heavy atom. The van der Waals surface area contributed by atoms with E-state index in [1.54, 1.807) is 59.5 Å². The van der Waals surface area contributed by atoms with Gasteiger partial charge in [0.1, 0.15) is 0 Å². The molecular weight excluding hydrogens is 304 g/mol. The van der Waals surface area contributed by atoms with Crippen molar-refractivity contribution in [2.45, 2.75) is 18.4 Å². The van der Waals surface area contributed by atoms with Gasteiger partial charge in [0.05, 0.1) is 0 Å². The molecule has 1 aliphatic heterocycles. The topological polar surface area (TPSA) is 83.6 Å². The molecule has 1 unspecified atom stereocenters. The molecule has 0 aromatic heterocycles. The van der Waals surface area contributed by atoms with Gasteiger partial charge in [-0.3, -0.25) is 9.59 Å². The summed E-state index contributed by atoms with van der Waals surface area (Å²) >= 11 is 0. The third-order valence-corrected chi connectivity index (χ3v) is 4.47. The fourth-order valence-corrected chi connectivity index (χ4v) is 3.11. The molecule has 0 aliphatic carbocycles. The van der Waals surface area contributed by atoms with Crippen LogP contribution < -0.4 is 5.73 Å². The molecule has 2 aromatic carbocycles. The van der Waals surface area contributed by atoms with E-state index in [1.807, 2.05) is 0 Å². The number of hydrogen-bond acceptors (Lipinski definition) is 3. The summed E-state index contributed by atoms with van der Waals surface area (Å²) in [5.41, 5.74) is 4.65. The second-order valence-electron chi connectivity index (χ2n) is 6.02. The quantitative estimate of drug-likeness (QED) is 0.897. The van der Waals surface area contributed by atoms with Crippen molar-refractivity contribution in [3.05, 3.63) is 71.3 Å². The first-order valence-electron chi connectivity index (χ1n) is 8.01. The van der Waals surface area contributed by atoms with Crippen LogP contribution in [0.1, 0.15) is 34.3 Å². The van der Waals surface area contributed by atoms with Crippen molar-refractivity contribution in [3.63, 3.8) is 0 Å². The number of carbonyl (C=O) groups is 2. The van der Waals surface area contributed by atoms with Crippen LogP contribution in [0.4, 0.5) is 0 Å². The van der Waals surface area contributed by atoms with Crippen LogP contribution in [0.15, 0.2) is 54.6 Å². The minimum absolute atomic E-state index is 0.0887. The van der Waals surface area contributed by atoms with Gasteiger partial charge in [-0.05, 0) is 36.1 Å². The van der Waals surface area contributed by atoms with Gasteiger partial charge >= 0.3 is 0 Å². The molecule has 3 rings (SSSR count). The summed E-state index contributed by atoms with van der Waals surface area (Å²) < 4.78 is 0. The molecule has 3 N–H and O–H groups in total. The number of hydrogen-bond donors (Lipinski definition) is 2. The van der Waals surface area contributed by atoms with Gasteiger partial charge in [0, 0.05) is 18.7 Å². The van der Waals surface area contributed by atoms with Gasteiger partial charge in [0.15, 0.2) is 5.60 Å². The Labute approximate surface area is 140 Å². The summed E-state index contributed by atoms with van der Waals surface area (Å²) in [4.78, 5) is 26.4. The fourth-order valence-electron chi connectivity index (χ4n) is 3.11. The fraction of sp³-hybridized carbons (Fsp3) is 0.263. The van der Waals surface area contributed by atoms with Crippen LogP contribution in [-0.2, 0) is 10.4 Å². The number of likely N-dealkylation sites (tertiary alicyclic amines) is 1. The molecule has 1 fully saturated rings. The number of benzene rings is 2. The molecular formula is C19H20N2O3. The van der Waals surface area contributed by atoms with Crippen LogP contribution in [0, 0.1) is 0 Å². The lowest BCUT2D eigenvalue weighted by Gasteiger charge is -2.26. The molecule has 5 heteroatoms. The highest BCUT2D eigenvalue weighted by molar-refractivity contribution is 5.95. The van der Waals surface area contributed by atoms with Crippen LogP contribution in [0.5, 0.6) is 0 Å². The van der Waals surface area contributed by atoms with E-state index in [4.69, 9.17) is 5.73 Å². The minimum atomic E-state index is -1.97. The lowest BCUT2D eigenvalue weighted by atomic mass is 9.85. The number of aliphatic hydroxyl groups is 1. The van der Waals surface area contributed by atoms with Gasteiger partial charge in [-0.15, -0.1) is 0 Å². The monoisotopic (exact) mass is 324 g/mol. The Kier molecular flexibility index (Phi) is 4.36. The maximum absolute atomic E-state index is 12.6. The smallest absolute Gasteiger partial charge is 0.258 e. The van der Waals surface area contributed by atoms with E-state index in [1.165, 1.54) is 0 Å². The SMILES string of the molecule is NC(=O)C(O)(c1ccccc1)c1cccc(C(=O)N2CCCC2)c1. The Morgan fingerprint density at radius 1 is 0.958 bits per heavy atom. The molecule has 0 saturated carbocycles. The molecule has 0 bridgehead atoms. The van der Waals surface area contributed by atoms with Crippen LogP contribution >= 0.6 is 0 Å². The zero-order valence-electron chi connectivity index (χ0n) is 13.3. The number of nitrogens with two attached hydrogens (primary N) is 1. The molecule has 0 radical (unpaired) electrons. The molecule has 124 valence electrons. The first-order valence-corrected chi connectivity index (χ1v) is 8.01. The molecule has 0 spiro atoms. The van der Waals surface area contributed by atoms with Crippen molar-refractivity contribution in [1.82, 2.24) is 4.90 Å². The average molecular weight is 324 g/mol. The highest BCUT2D eigenvalue weighted by atomic mass is 16.3. The summed E-state index contributed by atoms with van der Waals surface area (Å²) in [5, 5.41) is 11.0. The van der Waals surface area contributed by atoms with E-state index in [2.05, 4.69) is 0 Å². The van der Waals surface area contributed by atoms with Crippen LogP contribution in [0.3, 0.4) is 0 Å². The number of primary amides is 1. The van der Waals surface area contributed by atoms with Gasteiger partial charge in [-0.1, -0.05) is 42.5 Å². The van der Waals surface area contributed by atoms with Gasteiger partial charge in [0.2, 0.25) is 0 Å². The van der Waals surface area contributed by atoms with Gasteiger partial charge in [-0.25, -0.2) is 0 Å². The molecule has 2 aromatic rings. The van der Waals surface area contributed by atoms with E-state index in [9.17, 15) is 14.7 Å². The average Bonchev–Trinajstić information content (AvgIpc) is 3.15. The van der Waals surface area contributed by atoms with Crippen molar-refractivity contribution in [1.29, 1.82) is 0 Å². The maximum Gasteiger partial charge on any atom is 0.258 e. The summed E-state index contributed by atoms with van der Waals surface area (Å²) in [6, 6.07) is 15.0. The van der Waals surface area contributed by atoms with E-state index < -0.39 is 11.5 Å². The second-order valence-corrected chi connectivity index (χ2v) is 6.02. The summed E-state index contributed by atoms with van der Waals surface area (Å²) in [7, 11) is 0. The van der Waals surface area contributed by atoms with Crippen molar-refractivity contribution in [2.75, 3.05) is 13.1 Å². The number of nitrogens with zero attached hydrogens (tertiary/aromatic N) is 1. The maximum atomic E-state index is 12.6. The van der Waals surface area contributed by atoms with E-state index in [0.717, 1.165) is 25.9 Å². The van der Waals surface area contributed by atoms with Crippen molar-refractivity contribution in [2.24, 2.45) is 5.73 Å². The Bertz CT molecular complexity index is 754. The summed E-state index contributed by atoms with van der Waals surface area (Å²) in [6.07, 6.45) is 2.00. The first kappa shape index (κ1) is 16.2. The van der Waals surface area contributed by atoms with Crippen LogP contribution in [0.2, 0.25) is 0 Å². The highest BCUT2D eigenvalue weighted by Gasteiger charge is 2.38.